The van der Waals surface area contributed by atoms with Crippen LogP contribution in [0.2, 0.25) is 0 Å². The first kappa shape index (κ1) is 16.8. The average Bonchev–Trinajstić information content (AvgIpc) is 2.36. The number of nitrogens with two attached hydrogens (primary N) is 1. The lowest BCUT2D eigenvalue weighted by Gasteiger charge is -2.47. The Labute approximate surface area is 129 Å². The van der Waals surface area contributed by atoms with E-state index in [0.717, 1.165) is 19.3 Å². The Morgan fingerprint density at radius 2 is 1.86 bits per heavy atom. The molecule has 0 aromatic heterocycles. The summed E-state index contributed by atoms with van der Waals surface area (Å²) in [7, 11) is 2.24. The molecule has 0 aromatic rings. The molecule has 3 unspecified atom stereocenters. The lowest BCUT2D eigenvalue weighted by molar-refractivity contribution is -0.127. The van der Waals surface area contributed by atoms with E-state index in [1.165, 1.54) is 19.3 Å². The van der Waals surface area contributed by atoms with Crippen molar-refractivity contribution in [3.63, 3.8) is 0 Å². The van der Waals surface area contributed by atoms with Crippen molar-refractivity contribution in [2.75, 3.05) is 13.6 Å². The normalized spacial score (nSPS) is 31.8. The van der Waals surface area contributed by atoms with Gasteiger partial charge in [-0.15, -0.1) is 0 Å². The van der Waals surface area contributed by atoms with E-state index in [-0.39, 0.29) is 17.2 Å². The van der Waals surface area contributed by atoms with Crippen molar-refractivity contribution in [3.8, 4) is 0 Å². The lowest BCUT2D eigenvalue weighted by Crippen LogP contribution is -2.56. The highest BCUT2D eigenvalue weighted by Crippen LogP contribution is 2.33. The van der Waals surface area contributed by atoms with Gasteiger partial charge in [-0.3, -0.25) is 4.79 Å². The molecule has 4 heteroatoms. The molecular weight excluding hydrogens is 262 g/mol. The minimum absolute atomic E-state index is 0.0514. The molecule has 21 heavy (non-hydrogen) atoms. The topological polar surface area (TPSA) is 58.4 Å². The Balaban J connectivity index is 1.90. The van der Waals surface area contributed by atoms with Gasteiger partial charge in [0.15, 0.2) is 0 Å². The minimum atomic E-state index is -0.0514. The Hall–Kier alpha value is -0.610. The van der Waals surface area contributed by atoms with Crippen LogP contribution < -0.4 is 11.1 Å². The van der Waals surface area contributed by atoms with Crippen molar-refractivity contribution in [1.29, 1.82) is 0 Å². The molecule has 0 aromatic carbocycles. The highest BCUT2D eigenvalue weighted by atomic mass is 16.2. The number of carbonyl (C=O) groups is 1. The molecule has 2 bridgehead atoms. The first-order chi connectivity index (χ1) is 9.80. The van der Waals surface area contributed by atoms with E-state index in [1.54, 1.807) is 0 Å². The molecule has 2 aliphatic rings. The maximum atomic E-state index is 12.5. The van der Waals surface area contributed by atoms with E-state index in [1.807, 2.05) is 0 Å². The van der Waals surface area contributed by atoms with Gasteiger partial charge in [0.05, 0.1) is 5.92 Å². The predicted octanol–water partition coefficient (Wildman–Crippen LogP) is 2.13. The smallest absolute Gasteiger partial charge is 0.224 e. The van der Waals surface area contributed by atoms with E-state index < -0.39 is 0 Å². The second-order valence-electron chi connectivity index (χ2n) is 8.28. The molecule has 2 saturated heterocycles. The molecule has 3 N–H and O–H groups in total. The van der Waals surface area contributed by atoms with Crippen LogP contribution in [0.4, 0.5) is 0 Å². The van der Waals surface area contributed by atoms with Crippen LogP contribution in [0.5, 0.6) is 0 Å². The van der Waals surface area contributed by atoms with Gasteiger partial charge in [-0.25, -0.2) is 0 Å². The Morgan fingerprint density at radius 3 is 2.33 bits per heavy atom. The van der Waals surface area contributed by atoms with Crippen molar-refractivity contribution in [1.82, 2.24) is 10.2 Å². The summed E-state index contributed by atoms with van der Waals surface area (Å²) in [4.78, 5) is 15.0. The van der Waals surface area contributed by atoms with Crippen LogP contribution in [0.3, 0.4) is 0 Å². The SMILES string of the molecule is CN1C2CCCC1CC(NC(=O)C(CN)CC(C)(C)C)C2. The van der Waals surface area contributed by atoms with Crippen molar-refractivity contribution in [2.45, 2.75) is 77.4 Å². The van der Waals surface area contributed by atoms with Gasteiger partial charge in [0.25, 0.3) is 0 Å². The summed E-state index contributed by atoms with van der Waals surface area (Å²) < 4.78 is 0. The monoisotopic (exact) mass is 295 g/mol. The number of hydrogen-bond donors (Lipinski definition) is 2. The van der Waals surface area contributed by atoms with Crippen LogP contribution >= 0.6 is 0 Å². The van der Waals surface area contributed by atoms with Crippen LogP contribution in [-0.2, 0) is 4.79 Å². The van der Waals surface area contributed by atoms with Crippen LogP contribution in [0.25, 0.3) is 0 Å². The van der Waals surface area contributed by atoms with E-state index in [4.69, 9.17) is 5.73 Å². The summed E-state index contributed by atoms with van der Waals surface area (Å²) in [6.45, 7) is 6.96. The number of nitrogens with one attached hydrogen (secondary N) is 1. The summed E-state index contributed by atoms with van der Waals surface area (Å²) in [5, 5.41) is 3.30. The number of nitrogens with zero attached hydrogens (tertiary/aromatic N) is 1. The molecule has 3 atom stereocenters. The van der Waals surface area contributed by atoms with Gasteiger partial charge in [0.2, 0.25) is 5.91 Å². The zero-order chi connectivity index (χ0) is 15.6. The quantitative estimate of drug-likeness (QED) is 0.835. The fourth-order valence-corrected chi connectivity index (χ4v) is 4.07. The van der Waals surface area contributed by atoms with Crippen molar-refractivity contribution in [2.24, 2.45) is 17.1 Å². The average molecular weight is 295 g/mol. The number of hydrogen-bond acceptors (Lipinski definition) is 3. The molecule has 0 spiro atoms. The number of fused-ring (bicyclic) bond motifs is 2. The highest BCUT2D eigenvalue weighted by molar-refractivity contribution is 5.79. The first-order valence-electron chi connectivity index (χ1n) is 8.52. The maximum absolute atomic E-state index is 12.5. The summed E-state index contributed by atoms with van der Waals surface area (Å²) >= 11 is 0. The molecule has 2 fully saturated rings. The van der Waals surface area contributed by atoms with Gasteiger partial charge in [-0.2, -0.15) is 0 Å². The maximum Gasteiger partial charge on any atom is 0.224 e. The zero-order valence-electron chi connectivity index (χ0n) is 14.2. The van der Waals surface area contributed by atoms with E-state index >= 15 is 0 Å². The summed E-state index contributed by atoms with van der Waals surface area (Å²) in [6.07, 6.45) is 6.96. The van der Waals surface area contributed by atoms with Gasteiger partial charge < -0.3 is 16.0 Å². The van der Waals surface area contributed by atoms with Gasteiger partial charge in [-0.1, -0.05) is 27.2 Å². The highest BCUT2D eigenvalue weighted by Gasteiger charge is 2.37. The molecule has 0 radical (unpaired) electrons. The van der Waals surface area contributed by atoms with Crippen molar-refractivity contribution >= 4 is 5.91 Å². The Morgan fingerprint density at radius 1 is 1.29 bits per heavy atom. The van der Waals surface area contributed by atoms with Crippen LogP contribution in [-0.4, -0.2) is 42.5 Å². The molecule has 0 aliphatic carbocycles. The van der Waals surface area contributed by atoms with E-state index in [2.05, 4.69) is 38.0 Å². The third kappa shape index (κ3) is 4.43. The number of amides is 1. The minimum Gasteiger partial charge on any atom is -0.353 e. The fraction of sp³-hybridized carbons (Fsp3) is 0.941. The standard InChI is InChI=1S/C17H33N3O/c1-17(2,3)10-12(11-18)16(21)19-13-8-14-6-5-7-15(9-13)20(14)4/h12-15H,5-11,18H2,1-4H3,(H,19,21). The van der Waals surface area contributed by atoms with Crippen LogP contribution in [0.15, 0.2) is 0 Å². The van der Waals surface area contributed by atoms with Gasteiger partial charge in [-0.05, 0) is 44.6 Å². The second kappa shape index (κ2) is 6.66. The Kier molecular flexibility index (Phi) is 5.31. The summed E-state index contributed by atoms with van der Waals surface area (Å²) in [5.74, 6) is 0.115. The van der Waals surface area contributed by atoms with E-state index in [0.29, 0.717) is 24.7 Å². The van der Waals surface area contributed by atoms with E-state index in [9.17, 15) is 4.79 Å². The van der Waals surface area contributed by atoms with Gasteiger partial charge in [0, 0.05) is 24.7 Å². The second-order valence-corrected chi connectivity index (χ2v) is 8.28. The summed E-state index contributed by atoms with van der Waals surface area (Å²) in [6, 6.07) is 1.65. The molecule has 2 aliphatic heterocycles. The van der Waals surface area contributed by atoms with Crippen LogP contribution in [0.1, 0.15) is 59.3 Å². The molecule has 2 rings (SSSR count). The van der Waals surface area contributed by atoms with Crippen molar-refractivity contribution < 1.29 is 4.79 Å². The Bertz CT molecular complexity index is 350. The third-order valence-corrected chi connectivity index (χ3v) is 5.20. The van der Waals surface area contributed by atoms with Crippen molar-refractivity contribution in [3.05, 3.63) is 0 Å². The third-order valence-electron chi connectivity index (χ3n) is 5.20. The predicted molar refractivity (Wildman–Crippen MR) is 87.0 cm³/mol. The number of carbonyl (C=O) groups excluding carboxylic acids is 1. The molecule has 122 valence electrons. The zero-order valence-corrected chi connectivity index (χ0v) is 14.2. The number of rotatable bonds is 4. The van der Waals surface area contributed by atoms with Gasteiger partial charge in [0.1, 0.15) is 0 Å². The molecule has 4 nitrogen and oxygen atoms in total. The number of piperidine rings is 2. The van der Waals surface area contributed by atoms with Crippen LogP contribution in [0, 0.1) is 11.3 Å². The molecular formula is C17H33N3O. The van der Waals surface area contributed by atoms with Gasteiger partial charge >= 0.3 is 0 Å². The fourth-order valence-electron chi connectivity index (χ4n) is 4.07. The summed E-state index contributed by atoms with van der Waals surface area (Å²) in [5.41, 5.74) is 5.97. The molecule has 0 saturated carbocycles. The first-order valence-corrected chi connectivity index (χ1v) is 8.52. The molecule has 2 heterocycles. The molecule has 1 amide bonds. The largest absolute Gasteiger partial charge is 0.353 e. The lowest BCUT2D eigenvalue weighted by atomic mass is 9.81.